The molecule has 1 aliphatic rings. The van der Waals surface area contributed by atoms with E-state index in [2.05, 4.69) is 30.7 Å². The van der Waals surface area contributed by atoms with Crippen molar-refractivity contribution in [3.63, 3.8) is 0 Å². The molecular weight excluding hydrogens is 354 g/mol. The molecule has 6 nitrogen and oxygen atoms in total. The molecule has 0 N–H and O–H groups in total. The van der Waals surface area contributed by atoms with E-state index in [1.807, 2.05) is 6.07 Å². The third kappa shape index (κ3) is 3.70. The van der Waals surface area contributed by atoms with E-state index in [0.717, 1.165) is 35.9 Å². The van der Waals surface area contributed by atoms with E-state index in [-0.39, 0.29) is 11.2 Å². The first-order valence-corrected chi connectivity index (χ1v) is 10.4. The number of nitrogens with zero attached hydrogens (tertiary/aromatic N) is 3. The molecule has 4 rings (SSSR count). The normalized spacial score (nSPS) is 16.0. The van der Waals surface area contributed by atoms with Gasteiger partial charge in [0.1, 0.15) is 5.52 Å². The molecule has 6 heteroatoms. The van der Waals surface area contributed by atoms with Gasteiger partial charge in [0.15, 0.2) is 0 Å². The zero-order valence-electron chi connectivity index (χ0n) is 17.1. The van der Waals surface area contributed by atoms with Crippen LogP contribution in [0.25, 0.3) is 22.2 Å². The predicted molar refractivity (Wildman–Crippen MR) is 110 cm³/mol. The van der Waals surface area contributed by atoms with Crippen molar-refractivity contribution in [1.82, 2.24) is 14.5 Å². The third-order valence-electron chi connectivity index (χ3n) is 5.57. The van der Waals surface area contributed by atoms with Crippen LogP contribution in [-0.2, 0) is 24.3 Å². The lowest BCUT2D eigenvalue weighted by Crippen LogP contribution is -2.32. The van der Waals surface area contributed by atoms with Gasteiger partial charge in [0.2, 0.25) is 11.3 Å². The predicted octanol–water partition coefficient (Wildman–Crippen LogP) is 4.75. The standard InChI is InChI=1S/C22H29N3O3/c1-4-5-6-7-8-9-10-25-14-23-18-16-11-15-13-27-22(2,3)12-17(15)24-20(16)28-19(18)21(25)26/h11,14H,4-10,12-13H2,1-3H3. The largest absolute Gasteiger partial charge is 0.430 e. The molecule has 4 heterocycles. The van der Waals surface area contributed by atoms with Crippen molar-refractivity contribution in [3.8, 4) is 0 Å². The summed E-state index contributed by atoms with van der Waals surface area (Å²) >= 11 is 0. The van der Waals surface area contributed by atoms with Crippen LogP contribution in [0.2, 0.25) is 0 Å². The van der Waals surface area contributed by atoms with E-state index in [1.54, 1.807) is 10.9 Å². The van der Waals surface area contributed by atoms with Gasteiger partial charge < -0.3 is 9.15 Å². The van der Waals surface area contributed by atoms with Gasteiger partial charge in [-0.1, -0.05) is 39.0 Å². The highest BCUT2D eigenvalue weighted by Gasteiger charge is 2.28. The summed E-state index contributed by atoms with van der Waals surface area (Å²) in [6.07, 6.45) is 9.50. The number of rotatable bonds is 7. The van der Waals surface area contributed by atoms with Crippen LogP contribution in [0.4, 0.5) is 0 Å². The number of furan rings is 1. The van der Waals surface area contributed by atoms with Crippen molar-refractivity contribution >= 4 is 22.2 Å². The third-order valence-corrected chi connectivity index (χ3v) is 5.57. The summed E-state index contributed by atoms with van der Waals surface area (Å²) in [5.74, 6) is 0. The van der Waals surface area contributed by atoms with E-state index in [1.165, 1.54) is 25.7 Å². The quantitative estimate of drug-likeness (QED) is 0.551. The highest BCUT2D eigenvalue weighted by atomic mass is 16.5. The van der Waals surface area contributed by atoms with E-state index >= 15 is 0 Å². The Labute approximate surface area is 164 Å². The minimum absolute atomic E-state index is 0.119. The van der Waals surface area contributed by atoms with Crippen molar-refractivity contribution in [1.29, 1.82) is 0 Å². The van der Waals surface area contributed by atoms with Gasteiger partial charge >= 0.3 is 0 Å². The van der Waals surface area contributed by atoms with Gasteiger partial charge in [0, 0.05) is 18.5 Å². The summed E-state index contributed by atoms with van der Waals surface area (Å²) in [7, 11) is 0. The summed E-state index contributed by atoms with van der Waals surface area (Å²) in [6, 6.07) is 2.02. The molecule has 0 saturated carbocycles. The van der Waals surface area contributed by atoms with Gasteiger partial charge in [0.05, 0.1) is 29.6 Å². The zero-order chi connectivity index (χ0) is 19.7. The minimum Gasteiger partial charge on any atom is -0.430 e. The monoisotopic (exact) mass is 383 g/mol. The molecule has 0 radical (unpaired) electrons. The maximum Gasteiger partial charge on any atom is 0.297 e. The number of pyridine rings is 1. The number of hydrogen-bond donors (Lipinski definition) is 0. The minimum atomic E-state index is -0.234. The van der Waals surface area contributed by atoms with Gasteiger partial charge in [-0.3, -0.25) is 9.36 Å². The molecule has 0 spiro atoms. The molecule has 1 aliphatic heterocycles. The first kappa shape index (κ1) is 19.1. The molecule has 0 bridgehead atoms. The average Bonchev–Trinajstić information content (AvgIpc) is 3.02. The highest BCUT2D eigenvalue weighted by molar-refractivity contribution is 6.00. The topological polar surface area (TPSA) is 70.2 Å². The van der Waals surface area contributed by atoms with Crippen molar-refractivity contribution in [2.75, 3.05) is 0 Å². The Hall–Kier alpha value is -2.21. The molecular formula is C22H29N3O3. The second-order valence-electron chi connectivity index (χ2n) is 8.46. The average molecular weight is 383 g/mol. The molecule has 0 aliphatic carbocycles. The second-order valence-corrected chi connectivity index (χ2v) is 8.46. The van der Waals surface area contributed by atoms with Gasteiger partial charge in [-0.2, -0.15) is 0 Å². The van der Waals surface area contributed by atoms with Gasteiger partial charge in [-0.05, 0) is 26.3 Å². The molecule has 0 unspecified atom stereocenters. The van der Waals surface area contributed by atoms with Crippen molar-refractivity contribution in [2.24, 2.45) is 0 Å². The van der Waals surface area contributed by atoms with Crippen LogP contribution in [0, 0.1) is 0 Å². The van der Waals surface area contributed by atoms with Crippen LogP contribution in [0.5, 0.6) is 0 Å². The van der Waals surface area contributed by atoms with Gasteiger partial charge in [-0.15, -0.1) is 0 Å². The Bertz CT molecular complexity index is 1050. The second kappa shape index (κ2) is 7.66. The van der Waals surface area contributed by atoms with Crippen LogP contribution in [0.3, 0.4) is 0 Å². The maximum atomic E-state index is 12.9. The molecule has 0 saturated heterocycles. The Balaban J connectivity index is 1.60. The van der Waals surface area contributed by atoms with Crippen molar-refractivity contribution in [3.05, 3.63) is 34.0 Å². The van der Waals surface area contributed by atoms with Crippen LogP contribution in [0.1, 0.15) is 70.6 Å². The lowest BCUT2D eigenvalue weighted by molar-refractivity contribution is -0.0411. The Morgan fingerprint density at radius 1 is 1.18 bits per heavy atom. The smallest absolute Gasteiger partial charge is 0.297 e. The summed E-state index contributed by atoms with van der Waals surface area (Å²) in [5, 5.41) is 0.792. The summed E-state index contributed by atoms with van der Waals surface area (Å²) in [5.41, 5.74) is 3.07. The molecule has 3 aromatic heterocycles. The Morgan fingerprint density at radius 3 is 2.79 bits per heavy atom. The Kier molecular flexibility index (Phi) is 5.23. The van der Waals surface area contributed by atoms with Gasteiger partial charge in [0.25, 0.3) is 5.56 Å². The van der Waals surface area contributed by atoms with Crippen LogP contribution >= 0.6 is 0 Å². The van der Waals surface area contributed by atoms with Crippen LogP contribution in [0.15, 0.2) is 21.6 Å². The van der Waals surface area contributed by atoms with Crippen molar-refractivity contribution < 1.29 is 9.15 Å². The number of hydrogen-bond acceptors (Lipinski definition) is 5. The molecule has 0 atom stereocenters. The zero-order valence-corrected chi connectivity index (χ0v) is 17.1. The molecule has 3 aromatic rings. The van der Waals surface area contributed by atoms with Crippen LogP contribution in [-0.4, -0.2) is 20.1 Å². The highest BCUT2D eigenvalue weighted by Crippen LogP contribution is 2.31. The van der Waals surface area contributed by atoms with Crippen LogP contribution < -0.4 is 5.56 Å². The van der Waals surface area contributed by atoms with E-state index in [9.17, 15) is 4.79 Å². The maximum absolute atomic E-state index is 12.9. The number of ether oxygens (including phenoxy) is 1. The summed E-state index contributed by atoms with van der Waals surface area (Å²) in [4.78, 5) is 22.1. The lowest BCUT2D eigenvalue weighted by atomic mass is 9.95. The molecule has 0 fully saturated rings. The SMILES string of the molecule is CCCCCCCCn1cnc2c(oc3nc4c(cc32)COC(C)(C)C4)c1=O. The molecule has 150 valence electrons. The van der Waals surface area contributed by atoms with E-state index in [4.69, 9.17) is 9.15 Å². The fourth-order valence-electron chi connectivity index (χ4n) is 3.90. The summed E-state index contributed by atoms with van der Waals surface area (Å²) < 4.78 is 13.4. The van der Waals surface area contributed by atoms with E-state index < -0.39 is 0 Å². The number of aromatic nitrogens is 3. The number of aryl methyl sites for hydroxylation is 1. The number of fused-ring (bicyclic) bond motifs is 4. The van der Waals surface area contributed by atoms with Gasteiger partial charge in [-0.25, -0.2) is 9.97 Å². The first-order valence-electron chi connectivity index (χ1n) is 10.4. The first-order chi connectivity index (χ1) is 13.5. The number of unbranched alkanes of at least 4 members (excludes halogenated alkanes) is 5. The van der Waals surface area contributed by atoms with E-state index in [0.29, 0.717) is 30.0 Å². The Morgan fingerprint density at radius 2 is 1.96 bits per heavy atom. The summed E-state index contributed by atoms with van der Waals surface area (Å²) in [6.45, 7) is 7.53. The fourth-order valence-corrected chi connectivity index (χ4v) is 3.90. The van der Waals surface area contributed by atoms with Crippen molar-refractivity contribution in [2.45, 2.75) is 84.5 Å². The molecule has 0 amide bonds. The molecule has 28 heavy (non-hydrogen) atoms. The molecule has 0 aromatic carbocycles. The lowest BCUT2D eigenvalue weighted by Gasteiger charge is -2.30. The fraction of sp³-hybridized carbons (Fsp3) is 0.591.